The van der Waals surface area contributed by atoms with Gasteiger partial charge in [0.05, 0.1) is 11.1 Å². The molecule has 2 aromatic heterocycles. The second kappa shape index (κ2) is 4.26. The Balaban J connectivity index is 2.27. The predicted octanol–water partition coefficient (Wildman–Crippen LogP) is 3.36. The summed E-state index contributed by atoms with van der Waals surface area (Å²) in [6.07, 6.45) is 4.68. The summed E-state index contributed by atoms with van der Waals surface area (Å²) in [7, 11) is 2.00. The van der Waals surface area contributed by atoms with Crippen LogP contribution in [-0.4, -0.2) is 19.3 Å². The lowest BCUT2D eigenvalue weighted by molar-refractivity contribution is 0.310. The van der Waals surface area contributed by atoms with E-state index < -0.39 is 0 Å². The molecule has 0 aromatic carbocycles. The Morgan fingerprint density at radius 2 is 2.17 bits per heavy atom. The number of aromatic nitrogens is 4. The molecule has 0 saturated heterocycles. The van der Waals surface area contributed by atoms with Gasteiger partial charge in [-0.1, -0.05) is 6.92 Å². The summed E-state index contributed by atoms with van der Waals surface area (Å²) >= 11 is 6.30. The minimum atomic E-state index is -0.0530. The summed E-state index contributed by atoms with van der Waals surface area (Å²) < 4.78 is 4.28. The van der Waals surface area contributed by atoms with Crippen LogP contribution in [-0.2, 0) is 13.5 Å². The molecule has 1 unspecified atom stereocenters. The van der Waals surface area contributed by atoms with Gasteiger partial charge < -0.3 is 4.57 Å². The molecule has 1 atom stereocenters. The number of fused-ring (bicyclic) bond motifs is 1. The SMILES string of the molecule is CCc1nn(C)c2c1nc(C(C)Cl)n2C1CCC1. The molecule has 0 aliphatic heterocycles. The molecule has 1 fully saturated rings. The van der Waals surface area contributed by atoms with Gasteiger partial charge in [-0.25, -0.2) is 4.98 Å². The molecule has 0 N–H and O–H groups in total. The third-order valence-corrected chi connectivity index (χ3v) is 4.09. The molecule has 1 saturated carbocycles. The zero-order valence-corrected chi connectivity index (χ0v) is 11.9. The first-order chi connectivity index (χ1) is 8.63. The lowest BCUT2D eigenvalue weighted by atomic mass is 9.92. The second-order valence-electron chi connectivity index (χ2n) is 5.14. The predicted molar refractivity (Wildman–Crippen MR) is 73.0 cm³/mol. The summed E-state index contributed by atoms with van der Waals surface area (Å²) in [4.78, 5) is 4.75. The van der Waals surface area contributed by atoms with Crippen LogP contribution < -0.4 is 0 Å². The van der Waals surface area contributed by atoms with E-state index >= 15 is 0 Å². The monoisotopic (exact) mass is 266 g/mol. The topological polar surface area (TPSA) is 35.6 Å². The van der Waals surface area contributed by atoms with Crippen molar-refractivity contribution < 1.29 is 0 Å². The highest BCUT2D eigenvalue weighted by Gasteiger charge is 2.29. The van der Waals surface area contributed by atoms with E-state index in [2.05, 4.69) is 16.6 Å². The molecule has 0 amide bonds. The summed E-state index contributed by atoms with van der Waals surface area (Å²) in [5.41, 5.74) is 3.25. The highest BCUT2D eigenvalue weighted by atomic mass is 35.5. The Hall–Kier alpha value is -1.03. The van der Waals surface area contributed by atoms with Gasteiger partial charge in [0, 0.05) is 13.1 Å². The fourth-order valence-corrected chi connectivity index (χ4v) is 2.90. The summed E-state index contributed by atoms with van der Waals surface area (Å²) in [5.74, 6) is 0.999. The quantitative estimate of drug-likeness (QED) is 0.799. The van der Waals surface area contributed by atoms with Crippen LogP contribution in [0.3, 0.4) is 0 Å². The van der Waals surface area contributed by atoms with E-state index in [1.807, 2.05) is 18.7 Å². The Morgan fingerprint density at radius 3 is 2.67 bits per heavy atom. The van der Waals surface area contributed by atoms with Crippen LogP contribution in [0.2, 0.25) is 0 Å². The summed E-state index contributed by atoms with van der Waals surface area (Å²) in [5, 5.41) is 4.51. The van der Waals surface area contributed by atoms with Crippen molar-refractivity contribution in [2.45, 2.75) is 50.9 Å². The van der Waals surface area contributed by atoms with E-state index in [1.54, 1.807) is 0 Å². The molecule has 0 bridgehead atoms. The second-order valence-corrected chi connectivity index (χ2v) is 5.79. The minimum Gasteiger partial charge on any atom is -0.309 e. The molecule has 1 aliphatic carbocycles. The van der Waals surface area contributed by atoms with E-state index in [9.17, 15) is 0 Å². The molecule has 4 nitrogen and oxygen atoms in total. The number of imidazole rings is 1. The smallest absolute Gasteiger partial charge is 0.158 e. The van der Waals surface area contributed by atoms with Crippen LogP contribution in [0.5, 0.6) is 0 Å². The normalized spacial score (nSPS) is 18.2. The standard InChI is InChI=1S/C13H19ClN4/c1-4-10-11-13(17(3)16-10)18(9-6-5-7-9)12(15-11)8(2)14/h8-9H,4-7H2,1-3H3. The van der Waals surface area contributed by atoms with E-state index in [1.165, 1.54) is 19.3 Å². The third-order valence-electron chi connectivity index (χ3n) is 3.89. The van der Waals surface area contributed by atoms with Gasteiger partial charge in [-0.3, -0.25) is 4.68 Å². The van der Waals surface area contributed by atoms with Gasteiger partial charge in [0.15, 0.2) is 5.65 Å². The fraction of sp³-hybridized carbons (Fsp3) is 0.692. The van der Waals surface area contributed by atoms with Crippen molar-refractivity contribution in [2.24, 2.45) is 7.05 Å². The van der Waals surface area contributed by atoms with Crippen molar-refractivity contribution in [3.05, 3.63) is 11.5 Å². The van der Waals surface area contributed by atoms with Gasteiger partial charge in [0.2, 0.25) is 0 Å². The largest absolute Gasteiger partial charge is 0.309 e. The summed E-state index contributed by atoms with van der Waals surface area (Å²) in [6, 6.07) is 0.561. The molecular formula is C13H19ClN4. The molecule has 5 heteroatoms. The summed E-state index contributed by atoms with van der Waals surface area (Å²) in [6.45, 7) is 4.12. The number of rotatable bonds is 3. The maximum atomic E-state index is 6.30. The van der Waals surface area contributed by atoms with Crippen LogP contribution in [0.1, 0.15) is 56.0 Å². The van der Waals surface area contributed by atoms with Gasteiger partial charge in [-0.15, -0.1) is 11.6 Å². The Labute approximate surface area is 112 Å². The van der Waals surface area contributed by atoms with Gasteiger partial charge in [-0.2, -0.15) is 5.10 Å². The molecule has 18 heavy (non-hydrogen) atoms. The number of hydrogen-bond donors (Lipinski definition) is 0. The van der Waals surface area contributed by atoms with E-state index in [0.29, 0.717) is 6.04 Å². The highest BCUT2D eigenvalue weighted by molar-refractivity contribution is 6.20. The molecule has 0 radical (unpaired) electrons. The Bertz CT molecular complexity index is 577. The molecule has 2 heterocycles. The molecule has 98 valence electrons. The maximum absolute atomic E-state index is 6.30. The van der Waals surface area contributed by atoms with Gasteiger partial charge in [0.1, 0.15) is 11.3 Å². The number of aryl methyl sites for hydroxylation is 2. The average Bonchev–Trinajstić information content (AvgIpc) is 2.76. The first-order valence-electron chi connectivity index (χ1n) is 6.71. The van der Waals surface area contributed by atoms with Crippen LogP contribution in [0.4, 0.5) is 0 Å². The fourth-order valence-electron chi connectivity index (χ4n) is 2.74. The lowest BCUT2D eigenvalue weighted by Crippen LogP contribution is -2.20. The zero-order valence-electron chi connectivity index (χ0n) is 11.1. The first-order valence-corrected chi connectivity index (χ1v) is 7.14. The lowest BCUT2D eigenvalue weighted by Gasteiger charge is -2.29. The third kappa shape index (κ3) is 1.58. The number of halogens is 1. The van der Waals surface area contributed by atoms with Crippen molar-refractivity contribution in [2.75, 3.05) is 0 Å². The molecule has 3 rings (SSSR count). The number of nitrogens with zero attached hydrogens (tertiary/aromatic N) is 4. The van der Waals surface area contributed by atoms with Crippen LogP contribution >= 0.6 is 11.6 Å². The Kier molecular flexibility index (Phi) is 2.85. The average molecular weight is 267 g/mol. The van der Waals surface area contributed by atoms with Gasteiger partial charge >= 0.3 is 0 Å². The first kappa shape index (κ1) is 12.0. The van der Waals surface area contributed by atoms with E-state index in [0.717, 1.165) is 29.1 Å². The maximum Gasteiger partial charge on any atom is 0.158 e. The van der Waals surface area contributed by atoms with Gasteiger partial charge in [0.25, 0.3) is 0 Å². The van der Waals surface area contributed by atoms with Crippen LogP contribution in [0, 0.1) is 0 Å². The van der Waals surface area contributed by atoms with E-state index in [4.69, 9.17) is 16.6 Å². The molecule has 2 aromatic rings. The highest BCUT2D eigenvalue weighted by Crippen LogP contribution is 2.38. The van der Waals surface area contributed by atoms with Crippen LogP contribution in [0.15, 0.2) is 0 Å². The molecule has 1 aliphatic rings. The molecule has 0 spiro atoms. The van der Waals surface area contributed by atoms with Crippen molar-refractivity contribution in [1.82, 2.24) is 19.3 Å². The van der Waals surface area contributed by atoms with E-state index in [-0.39, 0.29) is 5.38 Å². The van der Waals surface area contributed by atoms with Crippen molar-refractivity contribution in [3.8, 4) is 0 Å². The van der Waals surface area contributed by atoms with Crippen LogP contribution in [0.25, 0.3) is 11.2 Å². The number of alkyl halides is 1. The van der Waals surface area contributed by atoms with Crippen molar-refractivity contribution in [3.63, 3.8) is 0 Å². The Morgan fingerprint density at radius 1 is 1.44 bits per heavy atom. The minimum absolute atomic E-state index is 0.0530. The molecular weight excluding hydrogens is 248 g/mol. The number of hydrogen-bond acceptors (Lipinski definition) is 2. The zero-order chi connectivity index (χ0) is 12.9. The van der Waals surface area contributed by atoms with Crippen molar-refractivity contribution >= 4 is 22.8 Å². The van der Waals surface area contributed by atoms with Gasteiger partial charge in [-0.05, 0) is 32.6 Å². The van der Waals surface area contributed by atoms with Crippen molar-refractivity contribution in [1.29, 1.82) is 0 Å².